The molecule has 1 aliphatic rings. The van der Waals surface area contributed by atoms with E-state index < -0.39 is 0 Å². The van der Waals surface area contributed by atoms with E-state index in [1.165, 1.54) is 6.39 Å². The summed E-state index contributed by atoms with van der Waals surface area (Å²) in [6.07, 6.45) is 4.18. The summed E-state index contributed by atoms with van der Waals surface area (Å²) in [5.41, 5.74) is 0.894. The SMILES string of the molecule is CCC(CNc1cc(-c2ncon2)ccn1)N1CCOCC1. The van der Waals surface area contributed by atoms with Crippen LogP contribution in [0.5, 0.6) is 0 Å². The third-order valence-electron chi connectivity index (χ3n) is 3.93. The Hall–Kier alpha value is -1.99. The third kappa shape index (κ3) is 3.61. The van der Waals surface area contributed by atoms with Gasteiger partial charge in [0.05, 0.1) is 13.2 Å². The number of hydrogen-bond donors (Lipinski definition) is 1. The molecule has 7 nitrogen and oxygen atoms in total. The topological polar surface area (TPSA) is 76.3 Å². The van der Waals surface area contributed by atoms with Crippen LogP contribution in [0.2, 0.25) is 0 Å². The Morgan fingerprint density at radius 1 is 1.32 bits per heavy atom. The third-order valence-corrected chi connectivity index (χ3v) is 3.93. The van der Waals surface area contributed by atoms with Crippen molar-refractivity contribution in [2.45, 2.75) is 19.4 Å². The second-order valence-electron chi connectivity index (χ2n) is 5.28. The normalized spacial score (nSPS) is 17.3. The van der Waals surface area contributed by atoms with Crippen molar-refractivity contribution in [3.63, 3.8) is 0 Å². The van der Waals surface area contributed by atoms with Crippen molar-refractivity contribution in [3.8, 4) is 11.4 Å². The molecule has 1 aliphatic heterocycles. The summed E-state index contributed by atoms with van der Waals surface area (Å²) in [5, 5.41) is 7.26. The molecule has 2 aromatic heterocycles. The van der Waals surface area contributed by atoms with Gasteiger partial charge in [0.15, 0.2) is 0 Å². The summed E-state index contributed by atoms with van der Waals surface area (Å²) < 4.78 is 10.2. The lowest BCUT2D eigenvalue weighted by atomic mass is 10.1. The zero-order valence-corrected chi connectivity index (χ0v) is 12.7. The summed E-state index contributed by atoms with van der Waals surface area (Å²) >= 11 is 0. The maximum Gasteiger partial charge on any atom is 0.214 e. The van der Waals surface area contributed by atoms with Gasteiger partial charge in [-0.2, -0.15) is 4.98 Å². The maximum atomic E-state index is 5.42. The number of pyridine rings is 1. The van der Waals surface area contributed by atoms with E-state index >= 15 is 0 Å². The van der Waals surface area contributed by atoms with E-state index in [1.54, 1.807) is 6.20 Å². The van der Waals surface area contributed by atoms with E-state index in [9.17, 15) is 0 Å². The Morgan fingerprint density at radius 3 is 2.91 bits per heavy atom. The van der Waals surface area contributed by atoms with Crippen LogP contribution in [0.15, 0.2) is 29.2 Å². The van der Waals surface area contributed by atoms with Crippen LogP contribution in [0.4, 0.5) is 5.82 Å². The highest BCUT2D eigenvalue weighted by atomic mass is 16.5. The highest BCUT2D eigenvalue weighted by molar-refractivity contribution is 5.58. The average Bonchev–Trinajstić information content (AvgIpc) is 3.11. The molecule has 1 saturated heterocycles. The standard InChI is InChI=1S/C15H21N5O2/c1-2-13(20-5-7-21-8-6-20)10-17-14-9-12(3-4-16-14)15-18-11-22-19-15/h3-4,9,11,13H,2,5-8,10H2,1H3,(H,16,17). The van der Waals surface area contributed by atoms with Gasteiger partial charge in [-0.15, -0.1) is 0 Å². The van der Waals surface area contributed by atoms with E-state index in [-0.39, 0.29) is 0 Å². The minimum absolute atomic E-state index is 0.486. The number of morpholine rings is 1. The van der Waals surface area contributed by atoms with Gasteiger partial charge in [0.25, 0.3) is 0 Å². The predicted octanol–water partition coefficient (Wildman–Crippen LogP) is 1.65. The molecule has 7 heteroatoms. The first kappa shape index (κ1) is 14.9. The summed E-state index contributed by atoms with van der Waals surface area (Å²) in [5.74, 6) is 1.40. The summed E-state index contributed by atoms with van der Waals surface area (Å²) in [6.45, 7) is 6.71. The molecule has 0 spiro atoms. The lowest BCUT2D eigenvalue weighted by molar-refractivity contribution is 0.0184. The molecule has 1 unspecified atom stereocenters. The van der Waals surface area contributed by atoms with Crippen LogP contribution in [-0.2, 0) is 4.74 Å². The molecule has 118 valence electrons. The molecule has 22 heavy (non-hydrogen) atoms. The minimum atomic E-state index is 0.486. The predicted molar refractivity (Wildman–Crippen MR) is 82.5 cm³/mol. The van der Waals surface area contributed by atoms with Gasteiger partial charge >= 0.3 is 0 Å². The van der Waals surface area contributed by atoms with Crippen molar-refractivity contribution >= 4 is 5.82 Å². The van der Waals surface area contributed by atoms with Crippen molar-refractivity contribution in [2.24, 2.45) is 0 Å². The Kier molecular flexibility index (Phi) is 4.97. The molecule has 0 aliphatic carbocycles. The van der Waals surface area contributed by atoms with Gasteiger partial charge < -0.3 is 14.6 Å². The number of nitrogens with one attached hydrogen (secondary N) is 1. The van der Waals surface area contributed by atoms with Gasteiger partial charge in [0.1, 0.15) is 5.82 Å². The van der Waals surface area contributed by atoms with Crippen LogP contribution in [0.25, 0.3) is 11.4 Å². The van der Waals surface area contributed by atoms with Crippen molar-refractivity contribution < 1.29 is 9.26 Å². The van der Waals surface area contributed by atoms with Crippen molar-refractivity contribution in [1.29, 1.82) is 0 Å². The van der Waals surface area contributed by atoms with Crippen molar-refractivity contribution in [2.75, 3.05) is 38.2 Å². The fourth-order valence-corrected chi connectivity index (χ4v) is 2.66. The van der Waals surface area contributed by atoms with Gasteiger partial charge in [-0.25, -0.2) is 4.98 Å². The van der Waals surface area contributed by atoms with Gasteiger partial charge in [0, 0.05) is 37.4 Å². The Bertz CT molecular complexity index is 569. The molecular weight excluding hydrogens is 282 g/mol. The van der Waals surface area contributed by atoms with Gasteiger partial charge in [0.2, 0.25) is 12.2 Å². The fraction of sp³-hybridized carbons (Fsp3) is 0.533. The second-order valence-corrected chi connectivity index (χ2v) is 5.28. The van der Waals surface area contributed by atoms with Crippen LogP contribution in [0.3, 0.4) is 0 Å². The van der Waals surface area contributed by atoms with E-state index in [0.717, 1.165) is 50.7 Å². The maximum absolute atomic E-state index is 5.42. The molecule has 0 saturated carbocycles. The molecule has 1 N–H and O–H groups in total. The first-order valence-corrected chi connectivity index (χ1v) is 7.65. The van der Waals surface area contributed by atoms with E-state index in [4.69, 9.17) is 9.26 Å². The van der Waals surface area contributed by atoms with Crippen molar-refractivity contribution in [3.05, 3.63) is 24.7 Å². The lowest BCUT2D eigenvalue weighted by Gasteiger charge is -2.34. The summed E-state index contributed by atoms with van der Waals surface area (Å²) in [7, 11) is 0. The van der Waals surface area contributed by atoms with Crippen LogP contribution < -0.4 is 5.32 Å². The molecule has 1 atom stereocenters. The molecule has 0 bridgehead atoms. The summed E-state index contributed by atoms with van der Waals surface area (Å²) in [6, 6.07) is 4.30. The number of rotatable bonds is 6. The van der Waals surface area contributed by atoms with Gasteiger partial charge in [-0.05, 0) is 18.6 Å². The summed E-state index contributed by atoms with van der Waals surface area (Å²) in [4.78, 5) is 10.9. The molecule has 3 heterocycles. The monoisotopic (exact) mass is 303 g/mol. The largest absolute Gasteiger partial charge is 0.379 e. The molecule has 1 fully saturated rings. The molecular formula is C15H21N5O2. The minimum Gasteiger partial charge on any atom is -0.379 e. The quantitative estimate of drug-likeness (QED) is 0.869. The zero-order valence-electron chi connectivity index (χ0n) is 12.7. The first-order chi connectivity index (χ1) is 10.9. The van der Waals surface area contributed by atoms with Gasteiger partial charge in [-0.1, -0.05) is 12.1 Å². The number of nitrogens with zero attached hydrogens (tertiary/aromatic N) is 4. The van der Waals surface area contributed by atoms with Crippen LogP contribution in [-0.4, -0.2) is 58.9 Å². The Morgan fingerprint density at radius 2 is 2.18 bits per heavy atom. The molecule has 0 amide bonds. The number of hydrogen-bond acceptors (Lipinski definition) is 7. The van der Waals surface area contributed by atoms with E-state index in [0.29, 0.717) is 11.9 Å². The van der Waals surface area contributed by atoms with Crippen molar-refractivity contribution in [1.82, 2.24) is 20.0 Å². The Labute approximate surface area is 129 Å². The van der Waals surface area contributed by atoms with Crippen LogP contribution in [0, 0.1) is 0 Å². The molecule has 3 rings (SSSR count). The number of anilines is 1. The van der Waals surface area contributed by atoms with Crippen LogP contribution >= 0.6 is 0 Å². The molecule has 2 aromatic rings. The lowest BCUT2D eigenvalue weighted by Crippen LogP contribution is -2.46. The Balaban J connectivity index is 1.61. The molecule has 0 aromatic carbocycles. The molecule has 0 radical (unpaired) electrons. The highest BCUT2D eigenvalue weighted by Gasteiger charge is 2.19. The number of ether oxygens (including phenoxy) is 1. The first-order valence-electron chi connectivity index (χ1n) is 7.65. The smallest absolute Gasteiger partial charge is 0.214 e. The van der Waals surface area contributed by atoms with Gasteiger partial charge in [-0.3, -0.25) is 4.90 Å². The zero-order chi connectivity index (χ0) is 15.2. The van der Waals surface area contributed by atoms with E-state index in [1.807, 2.05) is 12.1 Å². The van der Waals surface area contributed by atoms with Crippen LogP contribution in [0.1, 0.15) is 13.3 Å². The average molecular weight is 303 g/mol. The number of aromatic nitrogens is 3. The second kappa shape index (κ2) is 7.33. The fourth-order valence-electron chi connectivity index (χ4n) is 2.66. The highest BCUT2D eigenvalue weighted by Crippen LogP contribution is 2.17. The van der Waals surface area contributed by atoms with E-state index in [2.05, 4.69) is 32.3 Å².